The minimum Gasteiger partial charge on any atom is -0.354 e. The van der Waals surface area contributed by atoms with Crippen LogP contribution in [0.4, 0.5) is 11.6 Å². The maximum Gasteiger partial charge on any atom is 0.275 e. The van der Waals surface area contributed by atoms with Crippen molar-refractivity contribution in [3.63, 3.8) is 0 Å². The number of anilines is 2. The SMILES string of the molecule is Cc1ccc(NC(=O)c2ccncn2)nc1N1CCN(C)CC1. The highest BCUT2D eigenvalue weighted by Gasteiger charge is 2.18. The predicted molar refractivity (Wildman–Crippen MR) is 88.7 cm³/mol. The van der Waals surface area contributed by atoms with E-state index in [1.807, 2.05) is 19.1 Å². The second-order valence-corrected chi connectivity index (χ2v) is 5.68. The van der Waals surface area contributed by atoms with Crippen molar-refractivity contribution in [1.82, 2.24) is 19.9 Å². The van der Waals surface area contributed by atoms with Crippen molar-refractivity contribution in [3.05, 3.63) is 42.0 Å². The molecule has 0 spiro atoms. The van der Waals surface area contributed by atoms with Crippen LogP contribution in [-0.2, 0) is 0 Å². The highest BCUT2D eigenvalue weighted by molar-refractivity contribution is 6.02. The number of rotatable bonds is 3. The van der Waals surface area contributed by atoms with Gasteiger partial charge in [0.1, 0.15) is 23.7 Å². The molecule has 7 nitrogen and oxygen atoms in total. The number of hydrogen-bond acceptors (Lipinski definition) is 6. The van der Waals surface area contributed by atoms with Crippen LogP contribution in [0, 0.1) is 6.92 Å². The van der Waals surface area contributed by atoms with Crippen LogP contribution in [0.5, 0.6) is 0 Å². The van der Waals surface area contributed by atoms with Crippen molar-refractivity contribution in [2.24, 2.45) is 0 Å². The van der Waals surface area contributed by atoms with Crippen molar-refractivity contribution in [3.8, 4) is 0 Å². The minimum absolute atomic E-state index is 0.284. The van der Waals surface area contributed by atoms with Gasteiger partial charge >= 0.3 is 0 Å². The van der Waals surface area contributed by atoms with E-state index < -0.39 is 0 Å². The lowest BCUT2D eigenvalue weighted by Gasteiger charge is -2.34. The zero-order valence-corrected chi connectivity index (χ0v) is 13.4. The fraction of sp³-hybridized carbons (Fsp3) is 0.375. The summed E-state index contributed by atoms with van der Waals surface area (Å²) in [4.78, 5) is 29.1. The minimum atomic E-state index is -0.284. The Kier molecular flexibility index (Phi) is 4.47. The summed E-state index contributed by atoms with van der Waals surface area (Å²) in [6, 6.07) is 5.37. The van der Waals surface area contributed by atoms with E-state index in [1.54, 1.807) is 12.3 Å². The molecular formula is C16H20N6O. The Hall–Kier alpha value is -2.54. The number of carbonyl (C=O) groups excluding carboxylic acids is 1. The zero-order valence-electron chi connectivity index (χ0n) is 13.4. The van der Waals surface area contributed by atoms with Crippen LogP contribution in [0.25, 0.3) is 0 Å². The molecule has 3 heterocycles. The molecule has 0 aromatic carbocycles. The van der Waals surface area contributed by atoms with Crippen molar-refractivity contribution >= 4 is 17.5 Å². The molecule has 23 heavy (non-hydrogen) atoms. The first-order valence-corrected chi connectivity index (χ1v) is 7.62. The lowest BCUT2D eigenvalue weighted by atomic mass is 10.2. The van der Waals surface area contributed by atoms with Gasteiger partial charge in [0, 0.05) is 32.4 Å². The molecule has 7 heteroatoms. The molecular weight excluding hydrogens is 292 g/mol. The molecule has 0 bridgehead atoms. The summed E-state index contributed by atoms with van der Waals surface area (Å²) < 4.78 is 0. The van der Waals surface area contributed by atoms with Gasteiger partial charge in [0.25, 0.3) is 5.91 Å². The van der Waals surface area contributed by atoms with E-state index >= 15 is 0 Å². The van der Waals surface area contributed by atoms with E-state index in [4.69, 9.17) is 0 Å². The highest BCUT2D eigenvalue weighted by atomic mass is 16.1. The standard InChI is InChI=1S/C16H20N6O/c1-12-3-4-14(20-16(23)13-5-6-17-11-18-13)19-15(12)22-9-7-21(2)8-10-22/h3-6,11H,7-10H2,1-2H3,(H,19,20,23). The number of aryl methyl sites for hydroxylation is 1. The van der Waals surface area contributed by atoms with Crippen LogP contribution in [-0.4, -0.2) is 59.0 Å². The van der Waals surface area contributed by atoms with E-state index in [1.165, 1.54) is 6.33 Å². The molecule has 1 fully saturated rings. The topological polar surface area (TPSA) is 74.2 Å². The summed E-state index contributed by atoms with van der Waals surface area (Å²) >= 11 is 0. The molecule has 0 radical (unpaired) electrons. The third kappa shape index (κ3) is 3.62. The highest BCUT2D eigenvalue weighted by Crippen LogP contribution is 2.21. The molecule has 1 saturated heterocycles. The summed E-state index contributed by atoms with van der Waals surface area (Å²) in [6.07, 6.45) is 2.90. The Labute approximate surface area is 135 Å². The number of aromatic nitrogens is 3. The molecule has 1 aliphatic rings. The quantitative estimate of drug-likeness (QED) is 0.917. The average Bonchev–Trinajstić information content (AvgIpc) is 2.58. The second kappa shape index (κ2) is 6.70. The van der Waals surface area contributed by atoms with E-state index in [2.05, 4.69) is 37.1 Å². The van der Waals surface area contributed by atoms with Gasteiger partial charge in [0.2, 0.25) is 0 Å². The average molecular weight is 312 g/mol. The molecule has 0 atom stereocenters. The summed E-state index contributed by atoms with van der Waals surface area (Å²) in [5.41, 5.74) is 1.43. The van der Waals surface area contributed by atoms with Gasteiger partial charge in [-0.15, -0.1) is 0 Å². The number of likely N-dealkylation sites (N-methyl/N-ethyl adjacent to an activating group) is 1. The molecule has 120 valence electrons. The monoisotopic (exact) mass is 312 g/mol. The van der Waals surface area contributed by atoms with Crippen molar-refractivity contribution in [2.45, 2.75) is 6.92 Å². The molecule has 1 N–H and O–H groups in total. The Morgan fingerprint density at radius 1 is 1.17 bits per heavy atom. The van der Waals surface area contributed by atoms with Crippen LogP contribution in [0.3, 0.4) is 0 Å². The number of hydrogen-bond donors (Lipinski definition) is 1. The van der Waals surface area contributed by atoms with E-state index in [-0.39, 0.29) is 5.91 Å². The second-order valence-electron chi connectivity index (χ2n) is 5.68. The largest absolute Gasteiger partial charge is 0.354 e. The van der Waals surface area contributed by atoms with Gasteiger partial charge in [-0.25, -0.2) is 15.0 Å². The van der Waals surface area contributed by atoms with E-state index in [9.17, 15) is 4.79 Å². The molecule has 1 aliphatic heterocycles. The number of pyridine rings is 1. The normalized spacial score (nSPS) is 15.5. The summed E-state index contributed by atoms with van der Waals surface area (Å²) in [6.45, 7) is 5.94. The first kappa shape index (κ1) is 15.4. The summed E-state index contributed by atoms with van der Waals surface area (Å²) in [5.74, 6) is 1.18. The van der Waals surface area contributed by atoms with E-state index in [0.717, 1.165) is 37.6 Å². The van der Waals surface area contributed by atoms with Gasteiger partial charge in [-0.2, -0.15) is 0 Å². The third-order valence-corrected chi connectivity index (χ3v) is 3.93. The van der Waals surface area contributed by atoms with Gasteiger partial charge in [0.15, 0.2) is 0 Å². The number of piperazine rings is 1. The Bertz CT molecular complexity index is 682. The summed E-state index contributed by atoms with van der Waals surface area (Å²) in [7, 11) is 2.12. The number of amides is 1. The number of nitrogens with zero attached hydrogens (tertiary/aromatic N) is 5. The fourth-order valence-electron chi connectivity index (χ4n) is 2.53. The summed E-state index contributed by atoms with van der Waals surface area (Å²) in [5, 5.41) is 2.80. The lowest BCUT2D eigenvalue weighted by Crippen LogP contribution is -2.45. The maximum absolute atomic E-state index is 12.2. The number of carbonyl (C=O) groups is 1. The fourth-order valence-corrected chi connectivity index (χ4v) is 2.53. The molecule has 0 unspecified atom stereocenters. The predicted octanol–water partition coefficient (Wildman–Crippen LogP) is 1.18. The van der Waals surface area contributed by atoms with Crippen LogP contribution < -0.4 is 10.2 Å². The van der Waals surface area contributed by atoms with Gasteiger partial charge in [-0.05, 0) is 31.7 Å². The van der Waals surface area contributed by atoms with Crippen LogP contribution in [0.2, 0.25) is 0 Å². The van der Waals surface area contributed by atoms with Crippen molar-refractivity contribution in [2.75, 3.05) is 43.4 Å². The van der Waals surface area contributed by atoms with Gasteiger partial charge in [0.05, 0.1) is 0 Å². The van der Waals surface area contributed by atoms with Crippen molar-refractivity contribution < 1.29 is 4.79 Å². The Morgan fingerprint density at radius 2 is 1.96 bits per heavy atom. The molecule has 0 saturated carbocycles. The van der Waals surface area contributed by atoms with Crippen molar-refractivity contribution in [1.29, 1.82) is 0 Å². The Balaban J connectivity index is 1.76. The molecule has 2 aromatic heterocycles. The van der Waals surface area contributed by atoms with Gasteiger partial charge in [-0.3, -0.25) is 4.79 Å². The number of nitrogens with one attached hydrogen (secondary N) is 1. The third-order valence-electron chi connectivity index (χ3n) is 3.93. The maximum atomic E-state index is 12.2. The first-order valence-electron chi connectivity index (χ1n) is 7.62. The van der Waals surface area contributed by atoms with Gasteiger partial charge < -0.3 is 15.1 Å². The smallest absolute Gasteiger partial charge is 0.275 e. The van der Waals surface area contributed by atoms with Gasteiger partial charge in [-0.1, -0.05) is 6.07 Å². The zero-order chi connectivity index (χ0) is 16.2. The molecule has 1 amide bonds. The molecule has 2 aromatic rings. The van der Waals surface area contributed by atoms with Crippen LogP contribution >= 0.6 is 0 Å². The van der Waals surface area contributed by atoms with Crippen LogP contribution in [0.15, 0.2) is 30.7 Å². The Morgan fingerprint density at radius 3 is 2.65 bits per heavy atom. The molecule has 0 aliphatic carbocycles. The van der Waals surface area contributed by atoms with Crippen LogP contribution in [0.1, 0.15) is 16.1 Å². The van der Waals surface area contributed by atoms with E-state index in [0.29, 0.717) is 11.5 Å². The first-order chi connectivity index (χ1) is 11.1. The lowest BCUT2D eigenvalue weighted by molar-refractivity contribution is 0.102. The molecule has 3 rings (SSSR count).